The summed E-state index contributed by atoms with van der Waals surface area (Å²) in [6, 6.07) is 0.560. The molecule has 1 unspecified atom stereocenters. The van der Waals surface area contributed by atoms with Crippen LogP contribution >= 0.6 is 0 Å². The van der Waals surface area contributed by atoms with Crippen LogP contribution in [0.15, 0.2) is 0 Å². The van der Waals surface area contributed by atoms with Crippen molar-refractivity contribution in [3.05, 3.63) is 0 Å². The highest BCUT2D eigenvalue weighted by Gasteiger charge is 2.31. The smallest absolute Gasteiger partial charge is 0.224 e. The van der Waals surface area contributed by atoms with Crippen molar-refractivity contribution >= 4 is 5.91 Å². The molecule has 0 bridgehead atoms. The van der Waals surface area contributed by atoms with E-state index in [9.17, 15) is 4.79 Å². The van der Waals surface area contributed by atoms with Crippen molar-refractivity contribution < 1.29 is 4.79 Å². The van der Waals surface area contributed by atoms with Gasteiger partial charge < -0.3 is 4.90 Å². The minimum atomic E-state index is 0.370. The molecule has 0 aromatic carbocycles. The van der Waals surface area contributed by atoms with E-state index in [4.69, 9.17) is 0 Å². The van der Waals surface area contributed by atoms with E-state index in [-0.39, 0.29) is 0 Å². The summed E-state index contributed by atoms with van der Waals surface area (Å²) in [6.45, 7) is 6.49. The van der Waals surface area contributed by atoms with Gasteiger partial charge in [0, 0.05) is 25.6 Å². The van der Waals surface area contributed by atoms with Crippen molar-refractivity contribution in [2.75, 3.05) is 26.2 Å². The molecular weight excluding hydrogens is 176 g/mol. The van der Waals surface area contributed by atoms with Crippen molar-refractivity contribution in [1.29, 1.82) is 0 Å². The van der Waals surface area contributed by atoms with Crippen LogP contribution in [0, 0.1) is 0 Å². The van der Waals surface area contributed by atoms with Gasteiger partial charge in [-0.2, -0.15) is 0 Å². The van der Waals surface area contributed by atoms with Gasteiger partial charge in [0.25, 0.3) is 0 Å². The fourth-order valence-electron chi connectivity index (χ4n) is 2.39. The van der Waals surface area contributed by atoms with Crippen molar-refractivity contribution in [2.24, 2.45) is 0 Å². The van der Waals surface area contributed by atoms with Gasteiger partial charge in [-0.25, -0.2) is 0 Å². The molecule has 3 nitrogen and oxygen atoms in total. The first-order chi connectivity index (χ1) is 6.81. The van der Waals surface area contributed by atoms with Gasteiger partial charge in [0.2, 0.25) is 5.91 Å². The molecule has 0 aliphatic carbocycles. The van der Waals surface area contributed by atoms with E-state index in [1.54, 1.807) is 0 Å². The van der Waals surface area contributed by atoms with Crippen LogP contribution in [0.4, 0.5) is 0 Å². The monoisotopic (exact) mass is 196 g/mol. The highest BCUT2D eigenvalue weighted by Crippen LogP contribution is 2.21. The number of rotatable bonds is 3. The molecule has 2 heterocycles. The summed E-state index contributed by atoms with van der Waals surface area (Å²) in [6.07, 6.45) is 4.36. The number of carbonyl (C=O) groups excluding carboxylic acids is 1. The molecule has 2 saturated heterocycles. The van der Waals surface area contributed by atoms with Crippen LogP contribution in [-0.2, 0) is 4.79 Å². The maximum absolute atomic E-state index is 11.7. The molecule has 1 amide bonds. The molecule has 0 N–H and O–H groups in total. The molecule has 0 spiro atoms. The third-order valence-electron chi connectivity index (χ3n) is 3.40. The minimum absolute atomic E-state index is 0.370. The lowest BCUT2D eigenvalue weighted by Crippen LogP contribution is -2.52. The normalized spacial score (nSPS) is 29.1. The van der Waals surface area contributed by atoms with E-state index < -0.39 is 0 Å². The lowest BCUT2D eigenvalue weighted by atomic mass is 9.99. The lowest BCUT2D eigenvalue weighted by molar-refractivity contribution is -0.136. The predicted molar refractivity (Wildman–Crippen MR) is 56.1 cm³/mol. The Labute approximate surface area is 86.1 Å². The first-order valence-electron chi connectivity index (χ1n) is 5.83. The zero-order chi connectivity index (χ0) is 9.97. The van der Waals surface area contributed by atoms with Gasteiger partial charge in [-0.15, -0.1) is 0 Å². The van der Waals surface area contributed by atoms with E-state index in [1.807, 2.05) is 4.90 Å². The van der Waals surface area contributed by atoms with Crippen LogP contribution in [0.25, 0.3) is 0 Å². The highest BCUT2D eigenvalue weighted by molar-refractivity contribution is 5.77. The number of amides is 1. The molecule has 0 saturated carbocycles. The van der Waals surface area contributed by atoms with Gasteiger partial charge in [-0.05, 0) is 32.4 Å². The van der Waals surface area contributed by atoms with Gasteiger partial charge in [-0.3, -0.25) is 9.69 Å². The standard InChI is InChI=1S/C11H20N2O/c1-2-5-13-8-4-10(9-11(13)14)12-6-3-7-12/h10H,2-9H2,1H3. The molecule has 0 aromatic heterocycles. The molecule has 14 heavy (non-hydrogen) atoms. The Morgan fingerprint density at radius 3 is 2.64 bits per heavy atom. The molecule has 2 fully saturated rings. The average molecular weight is 196 g/mol. The maximum atomic E-state index is 11.7. The molecule has 0 aromatic rings. The summed E-state index contributed by atoms with van der Waals surface area (Å²) in [4.78, 5) is 16.2. The summed E-state index contributed by atoms with van der Waals surface area (Å²) in [5, 5.41) is 0. The molecule has 1 atom stereocenters. The zero-order valence-corrected chi connectivity index (χ0v) is 9.04. The number of hydrogen-bond acceptors (Lipinski definition) is 2. The third-order valence-corrected chi connectivity index (χ3v) is 3.40. The van der Waals surface area contributed by atoms with Crippen molar-refractivity contribution in [2.45, 2.75) is 38.6 Å². The second kappa shape index (κ2) is 4.30. The van der Waals surface area contributed by atoms with Gasteiger partial charge in [0.15, 0.2) is 0 Å². The Balaban J connectivity index is 1.82. The van der Waals surface area contributed by atoms with Crippen molar-refractivity contribution in [1.82, 2.24) is 9.80 Å². The number of carbonyl (C=O) groups is 1. The number of nitrogens with zero attached hydrogens (tertiary/aromatic N) is 2. The number of hydrogen-bond donors (Lipinski definition) is 0. The van der Waals surface area contributed by atoms with Crippen LogP contribution in [0.2, 0.25) is 0 Å². The quantitative estimate of drug-likeness (QED) is 0.674. The molecule has 0 radical (unpaired) electrons. The molecule has 2 aliphatic heterocycles. The second-order valence-electron chi connectivity index (χ2n) is 4.42. The van der Waals surface area contributed by atoms with E-state index in [0.29, 0.717) is 11.9 Å². The average Bonchev–Trinajstić information content (AvgIpc) is 2.07. The predicted octanol–water partition coefficient (Wildman–Crippen LogP) is 1.09. The van der Waals surface area contributed by atoms with Crippen LogP contribution in [-0.4, -0.2) is 47.9 Å². The van der Waals surface area contributed by atoms with Gasteiger partial charge in [0.1, 0.15) is 0 Å². The maximum Gasteiger partial charge on any atom is 0.224 e. The SMILES string of the molecule is CCCN1CCC(N2CCC2)CC1=O. The first kappa shape index (κ1) is 9.97. The Morgan fingerprint density at radius 2 is 2.14 bits per heavy atom. The summed E-state index contributed by atoms with van der Waals surface area (Å²) >= 11 is 0. The molecule has 2 aliphatic rings. The van der Waals surface area contributed by atoms with Crippen LogP contribution in [0.1, 0.15) is 32.6 Å². The Morgan fingerprint density at radius 1 is 1.36 bits per heavy atom. The van der Waals surface area contributed by atoms with Crippen LogP contribution in [0.5, 0.6) is 0 Å². The van der Waals surface area contributed by atoms with E-state index in [0.717, 1.165) is 25.9 Å². The summed E-state index contributed by atoms with van der Waals surface area (Å²) in [5.74, 6) is 0.370. The molecule has 2 rings (SSSR count). The Kier molecular flexibility index (Phi) is 3.06. The topological polar surface area (TPSA) is 23.6 Å². The summed E-state index contributed by atoms with van der Waals surface area (Å²) in [7, 11) is 0. The third kappa shape index (κ3) is 1.92. The molecular formula is C11H20N2O. The number of piperidine rings is 1. The largest absolute Gasteiger partial charge is 0.343 e. The van der Waals surface area contributed by atoms with E-state index in [2.05, 4.69) is 11.8 Å². The minimum Gasteiger partial charge on any atom is -0.343 e. The number of likely N-dealkylation sites (tertiary alicyclic amines) is 2. The van der Waals surface area contributed by atoms with Crippen LogP contribution in [0.3, 0.4) is 0 Å². The Bertz CT molecular complexity index is 213. The zero-order valence-electron chi connectivity index (χ0n) is 9.04. The highest BCUT2D eigenvalue weighted by atomic mass is 16.2. The molecule has 3 heteroatoms. The fourth-order valence-corrected chi connectivity index (χ4v) is 2.39. The lowest BCUT2D eigenvalue weighted by Gasteiger charge is -2.42. The molecule has 80 valence electrons. The second-order valence-corrected chi connectivity index (χ2v) is 4.42. The van der Waals surface area contributed by atoms with Crippen molar-refractivity contribution in [3.63, 3.8) is 0 Å². The van der Waals surface area contributed by atoms with Gasteiger partial charge >= 0.3 is 0 Å². The van der Waals surface area contributed by atoms with E-state index >= 15 is 0 Å². The van der Waals surface area contributed by atoms with Crippen molar-refractivity contribution in [3.8, 4) is 0 Å². The fraction of sp³-hybridized carbons (Fsp3) is 0.909. The van der Waals surface area contributed by atoms with Gasteiger partial charge in [-0.1, -0.05) is 6.92 Å². The van der Waals surface area contributed by atoms with Gasteiger partial charge in [0.05, 0.1) is 0 Å². The first-order valence-corrected chi connectivity index (χ1v) is 5.83. The van der Waals surface area contributed by atoms with Crippen LogP contribution < -0.4 is 0 Å². The Hall–Kier alpha value is -0.570. The van der Waals surface area contributed by atoms with E-state index in [1.165, 1.54) is 25.9 Å². The summed E-state index contributed by atoms with van der Waals surface area (Å²) in [5.41, 5.74) is 0. The summed E-state index contributed by atoms with van der Waals surface area (Å²) < 4.78 is 0.